The van der Waals surface area contributed by atoms with Crippen LogP contribution in [0.15, 0.2) is 39.5 Å². The maximum Gasteiger partial charge on any atom is 0.174 e. The highest BCUT2D eigenvalue weighted by Crippen LogP contribution is 2.30. The van der Waals surface area contributed by atoms with Gasteiger partial charge < -0.3 is 15.0 Å². The van der Waals surface area contributed by atoms with Gasteiger partial charge in [0.2, 0.25) is 0 Å². The van der Waals surface area contributed by atoms with Crippen molar-refractivity contribution in [2.24, 2.45) is 5.73 Å². The normalized spacial score (nSPS) is 12.4. The fourth-order valence-corrected chi connectivity index (χ4v) is 2.28. The second-order valence-corrected chi connectivity index (χ2v) is 5.22. The van der Waals surface area contributed by atoms with Crippen molar-refractivity contribution in [2.75, 3.05) is 0 Å². The first-order chi connectivity index (χ1) is 9.20. The Hall–Kier alpha value is -1.33. The molecule has 5 heteroatoms. The molecule has 2 aromatic rings. The Balaban J connectivity index is 2.13. The van der Waals surface area contributed by atoms with Crippen LogP contribution in [0.3, 0.4) is 0 Å². The average Bonchev–Trinajstić information content (AvgIpc) is 2.91. The highest BCUT2D eigenvalue weighted by molar-refractivity contribution is 9.10. The number of hydrogen-bond acceptors (Lipinski definition) is 4. The van der Waals surface area contributed by atoms with Crippen molar-refractivity contribution in [3.63, 3.8) is 0 Å². The van der Waals surface area contributed by atoms with Gasteiger partial charge in [0.1, 0.15) is 12.4 Å². The highest BCUT2D eigenvalue weighted by Gasteiger charge is 2.12. The number of benzene rings is 1. The van der Waals surface area contributed by atoms with E-state index in [0.29, 0.717) is 12.4 Å². The lowest BCUT2D eigenvalue weighted by Gasteiger charge is -2.15. The van der Waals surface area contributed by atoms with Crippen molar-refractivity contribution in [2.45, 2.75) is 32.4 Å². The number of nitrogens with zero attached hydrogens (tertiary/aromatic N) is 1. The molecule has 0 aliphatic carbocycles. The van der Waals surface area contributed by atoms with Crippen molar-refractivity contribution < 1.29 is 9.26 Å². The highest BCUT2D eigenvalue weighted by atomic mass is 79.9. The molecule has 0 aliphatic rings. The summed E-state index contributed by atoms with van der Waals surface area (Å²) in [6.07, 6.45) is 3.34. The molecule has 0 radical (unpaired) electrons. The van der Waals surface area contributed by atoms with Crippen LogP contribution < -0.4 is 10.5 Å². The zero-order valence-electron chi connectivity index (χ0n) is 10.8. The van der Waals surface area contributed by atoms with Gasteiger partial charge in [-0.2, -0.15) is 0 Å². The topological polar surface area (TPSA) is 61.3 Å². The maximum absolute atomic E-state index is 6.02. The van der Waals surface area contributed by atoms with Gasteiger partial charge >= 0.3 is 0 Å². The Labute approximate surface area is 121 Å². The molecule has 0 saturated carbocycles. The second kappa shape index (κ2) is 6.73. The van der Waals surface area contributed by atoms with E-state index in [4.69, 9.17) is 15.0 Å². The third-order valence-corrected chi connectivity index (χ3v) is 3.53. The van der Waals surface area contributed by atoms with Gasteiger partial charge in [0, 0.05) is 12.1 Å². The predicted molar refractivity (Wildman–Crippen MR) is 76.9 cm³/mol. The first kappa shape index (κ1) is 14.1. The minimum atomic E-state index is 0.141. The minimum absolute atomic E-state index is 0.141. The molecule has 0 bridgehead atoms. The quantitative estimate of drug-likeness (QED) is 0.885. The molecule has 1 aromatic heterocycles. The van der Waals surface area contributed by atoms with E-state index in [1.807, 2.05) is 18.2 Å². The van der Waals surface area contributed by atoms with Gasteiger partial charge in [-0.25, -0.2) is 0 Å². The standard InChI is InChI=1S/C14H17BrN2O2/c1-2-11(16)8-10-4-3-5-13(15)14(10)18-9-12-6-7-17-19-12/h3-7,11H,2,8-9,16H2,1H3. The van der Waals surface area contributed by atoms with E-state index < -0.39 is 0 Å². The first-order valence-electron chi connectivity index (χ1n) is 6.26. The molecule has 0 amide bonds. The van der Waals surface area contributed by atoms with Gasteiger partial charge in [0.05, 0.1) is 10.7 Å². The predicted octanol–water partition coefficient (Wildman–Crippen LogP) is 3.30. The van der Waals surface area contributed by atoms with Gasteiger partial charge in [-0.3, -0.25) is 0 Å². The van der Waals surface area contributed by atoms with Crippen LogP contribution in [0, 0.1) is 0 Å². The van der Waals surface area contributed by atoms with Crippen molar-refractivity contribution in [3.8, 4) is 5.75 Å². The summed E-state index contributed by atoms with van der Waals surface area (Å²) in [4.78, 5) is 0. The molecule has 1 atom stereocenters. The molecule has 0 spiro atoms. The zero-order chi connectivity index (χ0) is 13.7. The van der Waals surface area contributed by atoms with Crippen molar-refractivity contribution in [1.29, 1.82) is 0 Å². The fraction of sp³-hybridized carbons (Fsp3) is 0.357. The Morgan fingerprint density at radius 3 is 2.95 bits per heavy atom. The van der Waals surface area contributed by atoms with E-state index in [-0.39, 0.29) is 6.04 Å². The molecular formula is C14H17BrN2O2. The van der Waals surface area contributed by atoms with Gasteiger partial charge in [-0.1, -0.05) is 24.2 Å². The minimum Gasteiger partial charge on any atom is -0.484 e. The molecule has 1 aromatic carbocycles. The summed E-state index contributed by atoms with van der Waals surface area (Å²) in [6.45, 7) is 2.44. The average molecular weight is 325 g/mol. The Morgan fingerprint density at radius 1 is 1.42 bits per heavy atom. The van der Waals surface area contributed by atoms with Crippen molar-refractivity contribution in [1.82, 2.24) is 5.16 Å². The molecule has 4 nitrogen and oxygen atoms in total. The van der Waals surface area contributed by atoms with E-state index in [2.05, 4.69) is 28.0 Å². The van der Waals surface area contributed by atoms with E-state index in [1.165, 1.54) is 0 Å². The number of para-hydroxylation sites is 1. The maximum atomic E-state index is 6.02. The molecule has 0 fully saturated rings. The number of hydrogen-bond donors (Lipinski definition) is 1. The third-order valence-electron chi connectivity index (χ3n) is 2.91. The van der Waals surface area contributed by atoms with Gasteiger partial charge in [-0.15, -0.1) is 0 Å². The Morgan fingerprint density at radius 2 is 2.26 bits per heavy atom. The first-order valence-corrected chi connectivity index (χ1v) is 7.05. The van der Waals surface area contributed by atoms with Crippen LogP contribution in [0.25, 0.3) is 0 Å². The number of rotatable bonds is 6. The number of aromatic nitrogens is 1. The second-order valence-electron chi connectivity index (χ2n) is 4.37. The molecule has 2 N–H and O–H groups in total. The summed E-state index contributed by atoms with van der Waals surface area (Å²) in [5.74, 6) is 1.52. The van der Waals surface area contributed by atoms with Crippen molar-refractivity contribution in [3.05, 3.63) is 46.3 Å². The largest absolute Gasteiger partial charge is 0.484 e. The smallest absolute Gasteiger partial charge is 0.174 e. The Bertz CT molecular complexity index is 514. The summed E-state index contributed by atoms with van der Waals surface area (Å²) in [7, 11) is 0. The molecule has 102 valence electrons. The lowest BCUT2D eigenvalue weighted by molar-refractivity contribution is 0.246. The number of nitrogens with two attached hydrogens (primary N) is 1. The summed E-state index contributed by atoms with van der Waals surface area (Å²) in [5, 5.41) is 3.65. The van der Waals surface area contributed by atoms with E-state index in [1.54, 1.807) is 12.3 Å². The fourth-order valence-electron chi connectivity index (χ4n) is 1.76. The summed E-state index contributed by atoms with van der Waals surface area (Å²) in [5.41, 5.74) is 7.12. The molecule has 1 unspecified atom stereocenters. The summed E-state index contributed by atoms with van der Waals surface area (Å²) >= 11 is 3.51. The molecule has 1 heterocycles. The van der Waals surface area contributed by atoms with Crippen LogP contribution >= 0.6 is 15.9 Å². The van der Waals surface area contributed by atoms with Gasteiger partial charge in [0.25, 0.3) is 0 Å². The lowest BCUT2D eigenvalue weighted by atomic mass is 10.0. The molecule has 2 rings (SSSR count). The number of halogens is 1. The lowest BCUT2D eigenvalue weighted by Crippen LogP contribution is -2.21. The van der Waals surface area contributed by atoms with Crippen molar-refractivity contribution >= 4 is 15.9 Å². The van der Waals surface area contributed by atoms with E-state index in [9.17, 15) is 0 Å². The van der Waals surface area contributed by atoms with Crippen LogP contribution in [-0.2, 0) is 13.0 Å². The summed E-state index contributed by atoms with van der Waals surface area (Å²) in [6, 6.07) is 7.91. The third kappa shape index (κ3) is 3.81. The van der Waals surface area contributed by atoms with Gasteiger partial charge in [-0.05, 0) is 40.4 Å². The van der Waals surface area contributed by atoms with Gasteiger partial charge in [0.15, 0.2) is 5.76 Å². The molecule has 0 aliphatic heterocycles. The molecular weight excluding hydrogens is 308 g/mol. The SMILES string of the molecule is CCC(N)Cc1cccc(Br)c1OCc1ccno1. The molecule has 0 saturated heterocycles. The monoisotopic (exact) mass is 324 g/mol. The van der Waals surface area contributed by atoms with E-state index in [0.717, 1.165) is 28.6 Å². The van der Waals surface area contributed by atoms with Crippen LogP contribution in [0.1, 0.15) is 24.7 Å². The van der Waals surface area contributed by atoms with E-state index >= 15 is 0 Å². The van der Waals surface area contributed by atoms with Crippen LogP contribution in [0.5, 0.6) is 5.75 Å². The summed E-state index contributed by atoms with van der Waals surface area (Å²) < 4.78 is 11.8. The van der Waals surface area contributed by atoms with Crippen LogP contribution in [0.4, 0.5) is 0 Å². The van der Waals surface area contributed by atoms with Crippen LogP contribution in [0.2, 0.25) is 0 Å². The zero-order valence-corrected chi connectivity index (χ0v) is 12.4. The molecule has 19 heavy (non-hydrogen) atoms. The number of ether oxygens (including phenoxy) is 1. The van der Waals surface area contributed by atoms with Crippen LogP contribution in [-0.4, -0.2) is 11.2 Å². The Kier molecular flexibility index (Phi) is 4.99.